The molecule has 0 saturated heterocycles. The summed E-state index contributed by atoms with van der Waals surface area (Å²) in [4.78, 5) is 15.1. The summed E-state index contributed by atoms with van der Waals surface area (Å²) in [7, 11) is 0. The Labute approximate surface area is 133 Å². The molecule has 1 aromatic heterocycles. The summed E-state index contributed by atoms with van der Waals surface area (Å²) in [6.07, 6.45) is 3.65. The predicted octanol–water partition coefficient (Wildman–Crippen LogP) is 2.73. The fourth-order valence-electron chi connectivity index (χ4n) is 2.31. The lowest BCUT2D eigenvalue weighted by Crippen LogP contribution is -2.19. The van der Waals surface area contributed by atoms with E-state index in [4.69, 9.17) is 5.26 Å². The van der Waals surface area contributed by atoms with E-state index in [1.165, 1.54) is 0 Å². The number of carbonyl (C=O) groups excluding carboxylic acids is 1. The Balaban J connectivity index is 1.61. The average molecular weight is 302 g/mol. The maximum absolute atomic E-state index is 12.0. The molecule has 3 aromatic rings. The van der Waals surface area contributed by atoms with E-state index < -0.39 is 0 Å². The highest BCUT2D eigenvalue weighted by molar-refractivity contribution is 5.89. The number of hydrogen-bond donors (Lipinski definition) is 2. The summed E-state index contributed by atoms with van der Waals surface area (Å²) in [6.45, 7) is 0. The minimum Gasteiger partial charge on any atom is -0.361 e. The van der Waals surface area contributed by atoms with E-state index in [1.54, 1.807) is 30.5 Å². The number of fused-ring (bicyclic) bond motifs is 1. The zero-order valence-corrected chi connectivity index (χ0v) is 12.3. The van der Waals surface area contributed by atoms with Crippen molar-refractivity contribution in [3.05, 3.63) is 71.4 Å². The monoisotopic (exact) mass is 302 g/mol. The number of aromatic amines is 1. The Kier molecular flexibility index (Phi) is 4.16. The van der Waals surface area contributed by atoms with Crippen LogP contribution >= 0.6 is 0 Å². The van der Waals surface area contributed by atoms with Crippen LogP contribution in [0.5, 0.6) is 0 Å². The first-order chi connectivity index (χ1) is 11.3. The molecule has 2 N–H and O–H groups in total. The zero-order chi connectivity index (χ0) is 16.1. The Morgan fingerprint density at radius 3 is 2.78 bits per heavy atom. The summed E-state index contributed by atoms with van der Waals surface area (Å²) in [6, 6.07) is 16.8. The average Bonchev–Trinajstić information content (AvgIpc) is 2.99. The Morgan fingerprint density at radius 1 is 1.22 bits per heavy atom. The Morgan fingerprint density at radius 2 is 2.00 bits per heavy atom. The normalized spacial score (nSPS) is 10.7. The van der Waals surface area contributed by atoms with Gasteiger partial charge in [-0.3, -0.25) is 4.79 Å². The van der Waals surface area contributed by atoms with Gasteiger partial charge in [0.2, 0.25) is 5.91 Å². The van der Waals surface area contributed by atoms with Crippen LogP contribution in [0.4, 0.5) is 0 Å². The van der Waals surface area contributed by atoms with E-state index in [0.717, 1.165) is 22.0 Å². The van der Waals surface area contributed by atoms with Gasteiger partial charge in [0.25, 0.3) is 0 Å². The molecular formula is C18H14N4O. The van der Waals surface area contributed by atoms with Crippen LogP contribution in [0, 0.1) is 11.3 Å². The van der Waals surface area contributed by atoms with Gasteiger partial charge in [0, 0.05) is 17.1 Å². The Bertz CT molecular complexity index is 901. The number of para-hydroxylation sites is 1. The molecule has 0 radical (unpaired) electrons. The van der Waals surface area contributed by atoms with E-state index >= 15 is 0 Å². The first-order valence-corrected chi connectivity index (χ1v) is 7.13. The van der Waals surface area contributed by atoms with Crippen LogP contribution in [0.2, 0.25) is 0 Å². The lowest BCUT2D eigenvalue weighted by molar-refractivity contribution is -0.120. The number of H-pyrrole nitrogens is 1. The van der Waals surface area contributed by atoms with Crippen molar-refractivity contribution >= 4 is 23.0 Å². The van der Waals surface area contributed by atoms with Gasteiger partial charge in [-0.15, -0.1) is 0 Å². The fourth-order valence-corrected chi connectivity index (χ4v) is 2.31. The summed E-state index contributed by atoms with van der Waals surface area (Å²) >= 11 is 0. The number of nitrogens with one attached hydrogen (secondary N) is 2. The molecule has 1 amide bonds. The maximum Gasteiger partial charge on any atom is 0.244 e. The number of hydrogen-bond acceptors (Lipinski definition) is 3. The Hall–Kier alpha value is -3.39. The lowest BCUT2D eigenvalue weighted by atomic mass is 10.1. The minimum atomic E-state index is -0.181. The van der Waals surface area contributed by atoms with Gasteiger partial charge >= 0.3 is 0 Å². The van der Waals surface area contributed by atoms with Crippen molar-refractivity contribution in [2.45, 2.75) is 6.42 Å². The molecule has 0 saturated carbocycles. The van der Waals surface area contributed by atoms with E-state index in [2.05, 4.69) is 21.6 Å². The van der Waals surface area contributed by atoms with E-state index in [1.807, 2.05) is 30.5 Å². The van der Waals surface area contributed by atoms with E-state index in [-0.39, 0.29) is 12.3 Å². The molecular weight excluding hydrogens is 288 g/mol. The molecule has 112 valence electrons. The highest BCUT2D eigenvalue weighted by Gasteiger charge is 2.07. The van der Waals surface area contributed by atoms with Gasteiger partial charge in [0.05, 0.1) is 24.3 Å². The molecule has 0 fully saturated rings. The second-order valence-corrected chi connectivity index (χ2v) is 5.06. The van der Waals surface area contributed by atoms with Crippen LogP contribution in [0.15, 0.2) is 59.8 Å². The van der Waals surface area contributed by atoms with Gasteiger partial charge in [-0.2, -0.15) is 10.4 Å². The molecule has 2 aromatic carbocycles. The zero-order valence-electron chi connectivity index (χ0n) is 12.3. The molecule has 0 aliphatic heterocycles. The predicted molar refractivity (Wildman–Crippen MR) is 88.9 cm³/mol. The van der Waals surface area contributed by atoms with Crippen molar-refractivity contribution < 1.29 is 4.79 Å². The van der Waals surface area contributed by atoms with Crippen LogP contribution < -0.4 is 5.43 Å². The number of rotatable bonds is 4. The molecule has 3 rings (SSSR count). The van der Waals surface area contributed by atoms with E-state index in [9.17, 15) is 4.79 Å². The highest BCUT2D eigenvalue weighted by atomic mass is 16.2. The molecule has 5 nitrogen and oxygen atoms in total. The molecule has 0 aliphatic rings. The van der Waals surface area contributed by atoms with Crippen molar-refractivity contribution in [2.75, 3.05) is 0 Å². The van der Waals surface area contributed by atoms with Crippen LogP contribution in [-0.4, -0.2) is 17.1 Å². The number of carbonyl (C=O) groups is 1. The van der Waals surface area contributed by atoms with Gasteiger partial charge in [-0.1, -0.05) is 30.3 Å². The number of nitriles is 1. The standard InChI is InChI=1S/C18H14N4O/c19-10-13-5-7-14(8-6-13)11-21-22-18(23)9-15-12-20-17-4-2-1-3-16(15)17/h1-8,11-12,20H,9H2,(H,22,23)/b21-11+. The third-order valence-corrected chi connectivity index (χ3v) is 3.47. The van der Waals surface area contributed by atoms with Crippen molar-refractivity contribution in [3.8, 4) is 6.07 Å². The summed E-state index contributed by atoms with van der Waals surface area (Å²) in [5, 5.41) is 13.7. The van der Waals surface area contributed by atoms with Crippen molar-refractivity contribution in [1.29, 1.82) is 5.26 Å². The number of nitrogens with zero attached hydrogens (tertiary/aromatic N) is 2. The largest absolute Gasteiger partial charge is 0.361 e. The smallest absolute Gasteiger partial charge is 0.244 e. The minimum absolute atomic E-state index is 0.181. The molecule has 0 spiro atoms. The fraction of sp³-hybridized carbons (Fsp3) is 0.0556. The van der Waals surface area contributed by atoms with Crippen LogP contribution in [0.3, 0.4) is 0 Å². The molecule has 0 bridgehead atoms. The first-order valence-electron chi connectivity index (χ1n) is 7.13. The molecule has 0 aliphatic carbocycles. The number of benzene rings is 2. The maximum atomic E-state index is 12.0. The van der Waals surface area contributed by atoms with Gasteiger partial charge < -0.3 is 4.98 Å². The first kappa shape index (κ1) is 14.5. The van der Waals surface area contributed by atoms with Crippen LogP contribution in [0.1, 0.15) is 16.7 Å². The number of hydrazone groups is 1. The van der Waals surface area contributed by atoms with Gasteiger partial charge in [0.15, 0.2) is 0 Å². The highest BCUT2D eigenvalue weighted by Crippen LogP contribution is 2.17. The third-order valence-electron chi connectivity index (χ3n) is 3.47. The van der Waals surface area contributed by atoms with E-state index in [0.29, 0.717) is 5.56 Å². The molecule has 23 heavy (non-hydrogen) atoms. The summed E-state index contributed by atoms with van der Waals surface area (Å²) < 4.78 is 0. The van der Waals surface area contributed by atoms with Crippen molar-refractivity contribution in [1.82, 2.24) is 10.4 Å². The van der Waals surface area contributed by atoms with Gasteiger partial charge in [0.1, 0.15) is 0 Å². The molecule has 5 heteroatoms. The number of aromatic nitrogens is 1. The third kappa shape index (κ3) is 3.44. The molecule has 1 heterocycles. The second kappa shape index (κ2) is 6.58. The lowest BCUT2D eigenvalue weighted by Gasteiger charge is -1.99. The van der Waals surface area contributed by atoms with Crippen LogP contribution in [0.25, 0.3) is 10.9 Å². The SMILES string of the molecule is N#Cc1ccc(/C=N/NC(=O)Cc2c[nH]c3ccccc23)cc1. The topological polar surface area (TPSA) is 81.0 Å². The van der Waals surface area contributed by atoms with Crippen molar-refractivity contribution in [2.24, 2.45) is 5.10 Å². The van der Waals surface area contributed by atoms with Gasteiger partial charge in [-0.05, 0) is 29.3 Å². The second-order valence-electron chi connectivity index (χ2n) is 5.06. The van der Waals surface area contributed by atoms with Crippen LogP contribution in [-0.2, 0) is 11.2 Å². The molecule has 0 unspecified atom stereocenters. The quantitative estimate of drug-likeness (QED) is 0.574. The number of amides is 1. The van der Waals surface area contributed by atoms with Crippen molar-refractivity contribution in [3.63, 3.8) is 0 Å². The summed E-state index contributed by atoms with van der Waals surface area (Å²) in [5.41, 5.74) is 5.87. The summed E-state index contributed by atoms with van der Waals surface area (Å²) in [5.74, 6) is -0.181. The van der Waals surface area contributed by atoms with Gasteiger partial charge in [-0.25, -0.2) is 5.43 Å². The molecule has 0 atom stereocenters.